The summed E-state index contributed by atoms with van der Waals surface area (Å²) in [5.41, 5.74) is 0.500. The Balaban J connectivity index is -0.000000144. The summed E-state index contributed by atoms with van der Waals surface area (Å²) in [6, 6.07) is 0. The molecule has 0 aliphatic rings. The third-order valence-corrected chi connectivity index (χ3v) is 0. The molecule has 0 spiro atoms. The van der Waals surface area contributed by atoms with E-state index in [9.17, 15) is 17.3 Å². The fourth-order valence-corrected chi connectivity index (χ4v) is 0. The van der Waals surface area contributed by atoms with Crippen LogP contribution in [0.25, 0.3) is 0 Å². The molecule has 0 aromatic carbocycles. The Morgan fingerprint density at radius 3 is 0.733 bits per heavy atom. The van der Waals surface area contributed by atoms with E-state index >= 15 is 0 Å². The molecule has 0 bridgehead atoms. The normalized spacial score (nSPS) is 12.0. The average molecular weight is 249 g/mol. The second kappa shape index (κ2) is 7.48. The van der Waals surface area contributed by atoms with Crippen molar-refractivity contribution < 1.29 is 17.3 Å². The van der Waals surface area contributed by atoms with Crippen molar-refractivity contribution in [2.24, 2.45) is 5.41 Å². The largest absolute Gasteiger partial charge is 0.673 e. The zero-order chi connectivity index (χ0) is 13.5. The molecular weight excluding hydrogens is 226 g/mol. The van der Waals surface area contributed by atoms with E-state index in [1.54, 1.807) is 0 Å². The van der Waals surface area contributed by atoms with Gasteiger partial charge < -0.3 is 17.3 Å². The lowest BCUT2D eigenvalue weighted by Gasteiger charge is -2.05. The Labute approximate surface area is 93.5 Å². The quantitative estimate of drug-likeness (QED) is 0.321. The lowest BCUT2D eigenvalue weighted by Crippen LogP contribution is -2.02. The molecule has 0 rings (SSSR count). The van der Waals surface area contributed by atoms with Gasteiger partial charge in [0.1, 0.15) is 0 Å². The van der Waals surface area contributed by atoms with E-state index < -0.39 is 7.25 Å². The minimum atomic E-state index is -6.00. The summed E-state index contributed by atoms with van der Waals surface area (Å²) in [6.45, 7) is 15.2. The molecule has 0 aromatic heterocycles. The highest BCUT2D eigenvalue weighted by atomic mass is 31.0. The Bertz CT molecular complexity index is 97.1. The third-order valence-electron chi connectivity index (χ3n) is 0. The van der Waals surface area contributed by atoms with Crippen molar-refractivity contribution >= 4 is 16.5 Å². The van der Waals surface area contributed by atoms with Crippen LogP contribution in [0.4, 0.5) is 17.3 Å². The Hall–Kier alpha value is 0.215. The summed E-state index contributed by atoms with van der Waals surface area (Å²) in [7, 11) is -3.28. The maximum absolute atomic E-state index is 9.75. The van der Waals surface area contributed by atoms with Crippen LogP contribution in [0.15, 0.2) is 0 Å². The summed E-state index contributed by atoms with van der Waals surface area (Å²) in [5, 5.41) is 0.417. The van der Waals surface area contributed by atoms with Gasteiger partial charge in [0.25, 0.3) is 0 Å². The molecule has 0 nitrogen and oxygen atoms in total. The first-order chi connectivity index (χ1) is 6.00. The van der Waals surface area contributed by atoms with E-state index in [4.69, 9.17) is 0 Å². The average Bonchev–Trinajstić information content (AvgIpc) is 1.41. The molecular formula is C9H23BF4P-. The monoisotopic (exact) mass is 249 g/mol. The fourth-order valence-electron chi connectivity index (χ4n) is 0. The smallest absolute Gasteiger partial charge is 0.418 e. The lowest BCUT2D eigenvalue weighted by molar-refractivity contribution is 0.368. The highest BCUT2D eigenvalue weighted by Crippen LogP contribution is 2.12. The molecule has 1 atom stereocenters. The lowest BCUT2D eigenvalue weighted by atomic mass is 10.0. The molecule has 0 heterocycles. The molecule has 0 saturated carbocycles. The summed E-state index contributed by atoms with van der Waals surface area (Å²) in [6.07, 6.45) is 0. The van der Waals surface area contributed by atoms with Crippen LogP contribution in [0.2, 0.25) is 0 Å². The number of rotatable bonds is 0. The molecule has 0 saturated heterocycles. The molecule has 96 valence electrons. The van der Waals surface area contributed by atoms with Crippen LogP contribution in [-0.2, 0) is 0 Å². The van der Waals surface area contributed by atoms with Gasteiger partial charge in [-0.15, -0.1) is 9.24 Å². The summed E-state index contributed by atoms with van der Waals surface area (Å²) in [5.74, 6) is 0. The van der Waals surface area contributed by atoms with Gasteiger partial charge in [-0.05, 0) is 10.6 Å². The first kappa shape index (κ1) is 20.6. The highest BCUT2D eigenvalue weighted by molar-refractivity contribution is 7.18. The van der Waals surface area contributed by atoms with E-state index in [2.05, 4.69) is 57.7 Å². The van der Waals surface area contributed by atoms with Gasteiger partial charge in [0.2, 0.25) is 0 Å². The number of halogens is 4. The molecule has 15 heavy (non-hydrogen) atoms. The van der Waals surface area contributed by atoms with E-state index in [-0.39, 0.29) is 0 Å². The van der Waals surface area contributed by atoms with Crippen LogP contribution in [0.3, 0.4) is 0 Å². The van der Waals surface area contributed by atoms with Crippen molar-refractivity contribution in [3.8, 4) is 0 Å². The standard InChI is InChI=1S/C5H12.C4H11P.BF4/c1-5(2,3)4;1-4(2,3)5;2-1(3,4)5/h1-4H3;5H2,1-3H3;/q;;-1. The zero-order valence-corrected chi connectivity index (χ0v) is 11.8. The molecule has 0 fully saturated rings. The minimum Gasteiger partial charge on any atom is -0.418 e. The van der Waals surface area contributed by atoms with E-state index in [0.29, 0.717) is 10.6 Å². The first-order valence-corrected chi connectivity index (χ1v) is 5.24. The SMILES string of the molecule is CC(C)(C)C.CC(C)(C)P.F[B-](F)(F)F. The van der Waals surface area contributed by atoms with Crippen LogP contribution < -0.4 is 0 Å². The van der Waals surface area contributed by atoms with Crippen molar-refractivity contribution in [1.82, 2.24) is 0 Å². The van der Waals surface area contributed by atoms with Gasteiger partial charge >= 0.3 is 7.25 Å². The summed E-state index contributed by atoms with van der Waals surface area (Å²) < 4.78 is 39.0. The molecule has 6 heteroatoms. The number of hydrogen-bond donors (Lipinski definition) is 0. The Kier molecular flexibility index (Phi) is 10.3. The van der Waals surface area contributed by atoms with Crippen LogP contribution in [-0.4, -0.2) is 12.4 Å². The summed E-state index contributed by atoms with van der Waals surface area (Å²) >= 11 is 0. The Morgan fingerprint density at radius 2 is 0.733 bits per heavy atom. The molecule has 0 aromatic rings. The summed E-state index contributed by atoms with van der Waals surface area (Å²) in [4.78, 5) is 0. The van der Waals surface area contributed by atoms with Gasteiger partial charge in [-0.2, -0.15) is 0 Å². The van der Waals surface area contributed by atoms with Gasteiger partial charge in [-0.1, -0.05) is 48.5 Å². The van der Waals surface area contributed by atoms with Crippen LogP contribution in [0.1, 0.15) is 48.5 Å². The van der Waals surface area contributed by atoms with Gasteiger partial charge in [0, 0.05) is 0 Å². The first-order valence-electron chi connectivity index (χ1n) is 4.66. The fraction of sp³-hybridized carbons (Fsp3) is 1.00. The maximum Gasteiger partial charge on any atom is 0.673 e. The van der Waals surface area contributed by atoms with Gasteiger partial charge in [0.05, 0.1) is 0 Å². The maximum atomic E-state index is 9.75. The third kappa shape index (κ3) is 45900. The second-order valence-electron chi connectivity index (χ2n) is 5.86. The van der Waals surface area contributed by atoms with Crippen LogP contribution in [0, 0.1) is 5.41 Å². The van der Waals surface area contributed by atoms with Gasteiger partial charge in [-0.25, -0.2) is 0 Å². The predicted octanol–water partition coefficient (Wildman–Crippen LogP) is 5.01. The molecule has 0 N–H and O–H groups in total. The van der Waals surface area contributed by atoms with Crippen molar-refractivity contribution in [3.05, 3.63) is 0 Å². The van der Waals surface area contributed by atoms with Gasteiger partial charge in [0.15, 0.2) is 0 Å². The van der Waals surface area contributed by atoms with E-state index in [0.717, 1.165) is 0 Å². The zero-order valence-electron chi connectivity index (χ0n) is 10.7. The second-order valence-corrected chi connectivity index (χ2v) is 7.59. The van der Waals surface area contributed by atoms with Gasteiger partial charge in [-0.3, -0.25) is 0 Å². The molecule has 0 amide bonds. The number of hydrogen-bond acceptors (Lipinski definition) is 0. The van der Waals surface area contributed by atoms with Crippen LogP contribution >= 0.6 is 9.24 Å². The van der Waals surface area contributed by atoms with Crippen molar-refractivity contribution in [1.29, 1.82) is 0 Å². The predicted molar refractivity (Wildman–Crippen MR) is 64.8 cm³/mol. The topological polar surface area (TPSA) is 0 Å². The van der Waals surface area contributed by atoms with E-state index in [1.165, 1.54) is 0 Å². The minimum absolute atomic E-state index is 0.417. The van der Waals surface area contributed by atoms with Crippen molar-refractivity contribution in [2.45, 2.75) is 53.6 Å². The van der Waals surface area contributed by atoms with Crippen molar-refractivity contribution in [3.63, 3.8) is 0 Å². The molecule has 0 aliphatic carbocycles. The Morgan fingerprint density at radius 1 is 0.733 bits per heavy atom. The van der Waals surface area contributed by atoms with Crippen LogP contribution in [0.5, 0.6) is 0 Å². The molecule has 1 unspecified atom stereocenters. The molecule has 0 radical (unpaired) electrons. The molecule has 0 aliphatic heterocycles. The highest BCUT2D eigenvalue weighted by Gasteiger charge is 2.20. The van der Waals surface area contributed by atoms with E-state index in [1.807, 2.05) is 0 Å². The van der Waals surface area contributed by atoms with Crippen molar-refractivity contribution in [2.75, 3.05) is 0 Å².